The highest BCUT2D eigenvalue weighted by Crippen LogP contribution is 2.36. The van der Waals surface area contributed by atoms with Crippen molar-refractivity contribution >= 4 is 5.69 Å². The van der Waals surface area contributed by atoms with Crippen molar-refractivity contribution < 1.29 is 5.11 Å². The SMILES string of the molecule is CC(C1CC1)N(C)c1ccccc1CO. The number of aliphatic hydroxyl groups excluding tert-OH is 1. The third-order valence-corrected chi connectivity index (χ3v) is 3.46. The van der Waals surface area contributed by atoms with Crippen molar-refractivity contribution in [2.75, 3.05) is 11.9 Å². The highest BCUT2D eigenvalue weighted by molar-refractivity contribution is 5.53. The van der Waals surface area contributed by atoms with Crippen LogP contribution in [0.15, 0.2) is 24.3 Å². The fourth-order valence-corrected chi connectivity index (χ4v) is 2.10. The zero-order chi connectivity index (χ0) is 10.8. The molecular weight excluding hydrogens is 186 g/mol. The zero-order valence-corrected chi connectivity index (χ0v) is 9.48. The van der Waals surface area contributed by atoms with Crippen LogP contribution in [-0.2, 0) is 6.61 Å². The molecule has 0 saturated heterocycles. The van der Waals surface area contributed by atoms with Crippen molar-refractivity contribution in [3.8, 4) is 0 Å². The van der Waals surface area contributed by atoms with E-state index in [-0.39, 0.29) is 6.61 Å². The second kappa shape index (κ2) is 4.23. The van der Waals surface area contributed by atoms with E-state index in [1.807, 2.05) is 18.2 Å². The van der Waals surface area contributed by atoms with Crippen LogP contribution in [0.25, 0.3) is 0 Å². The van der Waals surface area contributed by atoms with E-state index in [1.165, 1.54) is 18.5 Å². The molecular formula is C13H19NO. The first-order chi connectivity index (χ1) is 7.24. The van der Waals surface area contributed by atoms with Crippen molar-refractivity contribution in [2.24, 2.45) is 5.92 Å². The van der Waals surface area contributed by atoms with Gasteiger partial charge in [0.25, 0.3) is 0 Å². The van der Waals surface area contributed by atoms with E-state index in [2.05, 4.69) is 24.9 Å². The maximum atomic E-state index is 9.28. The van der Waals surface area contributed by atoms with Crippen molar-refractivity contribution in [2.45, 2.75) is 32.4 Å². The van der Waals surface area contributed by atoms with Crippen molar-refractivity contribution in [3.63, 3.8) is 0 Å². The van der Waals surface area contributed by atoms with E-state index in [0.717, 1.165) is 11.5 Å². The molecule has 2 heteroatoms. The van der Waals surface area contributed by atoms with Crippen molar-refractivity contribution in [1.82, 2.24) is 0 Å². The van der Waals surface area contributed by atoms with Crippen LogP contribution in [0, 0.1) is 5.92 Å². The van der Waals surface area contributed by atoms with Gasteiger partial charge in [0, 0.05) is 24.3 Å². The Hall–Kier alpha value is -1.02. The van der Waals surface area contributed by atoms with Gasteiger partial charge >= 0.3 is 0 Å². The van der Waals surface area contributed by atoms with E-state index >= 15 is 0 Å². The van der Waals surface area contributed by atoms with Gasteiger partial charge in [0.05, 0.1) is 6.61 Å². The predicted molar refractivity (Wildman–Crippen MR) is 63.0 cm³/mol. The van der Waals surface area contributed by atoms with Crippen LogP contribution in [0.3, 0.4) is 0 Å². The Labute approximate surface area is 91.5 Å². The van der Waals surface area contributed by atoms with E-state index in [9.17, 15) is 5.11 Å². The quantitative estimate of drug-likeness (QED) is 0.816. The molecule has 1 N–H and O–H groups in total. The number of benzene rings is 1. The number of hydrogen-bond acceptors (Lipinski definition) is 2. The molecule has 1 aliphatic rings. The lowest BCUT2D eigenvalue weighted by Crippen LogP contribution is -2.31. The second-order valence-corrected chi connectivity index (χ2v) is 4.48. The van der Waals surface area contributed by atoms with E-state index < -0.39 is 0 Å². The molecule has 2 rings (SSSR count). The lowest BCUT2D eigenvalue weighted by Gasteiger charge is -2.28. The average Bonchev–Trinajstić information content (AvgIpc) is 3.11. The van der Waals surface area contributed by atoms with Gasteiger partial charge in [-0.2, -0.15) is 0 Å². The lowest BCUT2D eigenvalue weighted by atomic mass is 10.1. The Bertz CT molecular complexity index is 333. The standard InChI is InChI=1S/C13H19NO/c1-10(11-7-8-11)14(2)13-6-4-3-5-12(13)9-15/h3-6,10-11,15H,7-9H2,1-2H3. The Balaban J connectivity index is 2.19. The topological polar surface area (TPSA) is 23.5 Å². The van der Waals surface area contributed by atoms with Crippen LogP contribution in [0.4, 0.5) is 5.69 Å². The third-order valence-electron chi connectivity index (χ3n) is 3.46. The first-order valence-electron chi connectivity index (χ1n) is 5.65. The fraction of sp³-hybridized carbons (Fsp3) is 0.538. The van der Waals surface area contributed by atoms with Crippen LogP contribution in [0.2, 0.25) is 0 Å². The van der Waals surface area contributed by atoms with Crippen molar-refractivity contribution in [3.05, 3.63) is 29.8 Å². The molecule has 2 nitrogen and oxygen atoms in total. The molecule has 1 unspecified atom stereocenters. The minimum Gasteiger partial charge on any atom is -0.392 e. The van der Waals surface area contributed by atoms with Gasteiger partial charge in [-0.1, -0.05) is 18.2 Å². The zero-order valence-electron chi connectivity index (χ0n) is 9.48. The highest BCUT2D eigenvalue weighted by Gasteiger charge is 2.31. The van der Waals surface area contributed by atoms with Crippen LogP contribution in [0.5, 0.6) is 0 Å². The fourth-order valence-electron chi connectivity index (χ4n) is 2.10. The summed E-state index contributed by atoms with van der Waals surface area (Å²) in [6.45, 7) is 2.39. The number of rotatable bonds is 4. The molecule has 0 radical (unpaired) electrons. The molecule has 0 spiro atoms. The highest BCUT2D eigenvalue weighted by atomic mass is 16.3. The van der Waals surface area contributed by atoms with E-state index in [1.54, 1.807) is 0 Å². The third kappa shape index (κ3) is 2.15. The van der Waals surface area contributed by atoms with Crippen LogP contribution >= 0.6 is 0 Å². The van der Waals surface area contributed by atoms with E-state index in [4.69, 9.17) is 0 Å². The summed E-state index contributed by atoms with van der Waals surface area (Å²) in [5.41, 5.74) is 2.19. The molecule has 82 valence electrons. The second-order valence-electron chi connectivity index (χ2n) is 4.48. The number of anilines is 1. The summed E-state index contributed by atoms with van der Waals surface area (Å²) in [5.74, 6) is 0.849. The Kier molecular flexibility index (Phi) is 2.96. The van der Waals surface area contributed by atoms with E-state index in [0.29, 0.717) is 6.04 Å². The molecule has 0 aromatic heterocycles. The molecule has 1 atom stereocenters. The summed E-state index contributed by atoms with van der Waals surface area (Å²) in [7, 11) is 2.12. The maximum absolute atomic E-state index is 9.28. The molecule has 0 aliphatic heterocycles. The molecule has 1 fully saturated rings. The van der Waals surface area contributed by atoms with Gasteiger partial charge in [0.2, 0.25) is 0 Å². The minimum atomic E-state index is 0.123. The summed E-state index contributed by atoms with van der Waals surface area (Å²) < 4.78 is 0. The van der Waals surface area contributed by atoms with Gasteiger partial charge in [-0.3, -0.25) is 0 Å². The summed E-state index contributed by atoms with van der Waals surface area (Å²) in [4.78, 5) is 2.29. The predicted octanol–water partition coefficient (Wildman–Crippen LogP) is 2.41. The molecule has 1 aromatic carbocycles. The first-order valence-corrected chi connectivity index (χ1v) is 5.65. The van der Waals surface area contributed by atoms with Crippen LogP contribution < -0.4 is 4.90 Å². The average molecular weight is 205 g/mol. The van der Waals surface area contributed by atoms with Gasteiger partial charge in [-0.25, -0.2) is 0 Å². The number of nitrogens with zero attached hydrogens (tertiary/aromatic N) is 1. The monoisotopic (exact) mass is 205 g/mol. The molecule has 1 aromatic rings. The number of aliphatic hydroxyl groups is 1. The summed E-state index contributed by atoms with van der Waals surface area (Å²) in [5, 5.41) is 9.28. The molecule has 1 saturated carbocycles. The summed E-state index contributed by atoms with van der Waals surface area (Å²) in [6.07, 6.45) is 2.71. The first kappa shape index (κ1) is 10.5. The van der Waals surface area contributed by atoms with Gasteiger partial charge in [0.1, 0.15) is 0 Å². The maximum Gasteiger partial charge on any atom is 0.0702 e. The molecule has 0 amide bonds. The van der Waals surface area contributed by atoms with Crippen LogP contribution in [-0.4, -0.2) is 18.2 Å². The number of hydrogen-bond donors (Lipinski definition) is 1. The molecule has 15 heavy (non-hydrogen) atoms. The van der Waals surface area contributed by atoms with Gasteiger partial charge in [-0.15, -0.1) is 0 Å². The smallest absolute Gasteiger partial charge is 0.0702 e. The normalized spacial score (nSPS) is 17.5. The number of para-hydroxylation sites is 1. The Morgan fingerprint density at radius 2 is 2.07 bits per heavy atom. The van der Waals surface area contributed by atoms with Gasteiger partial charge in [-0.05, 0) is 31.7 Å². The molecule has 0 bridgehead atoms. The minimum absolute atomic E-state index is 0.123. The lowest BCUT2D eigenvalue weighted by molar-refractivity contribution is 0.282. The Morgan fingerprint density at radius 1 is 1.40 bits per heavy atom. The largest absolute Gasteiger partial charge is 0.392 e. The Morgan fingerprint density at radius 3 is 2.67 bits per heavy atom. The summed E-state index contributed by atoms with van der Waals surface area (Å²) >= 11 is 0. The molecule has 0 heterocycles. The van der Waals surface area contributed by atoms with Gasteiger partial charge < -0.3 is 10.0 Å². The van der Waals surface area contributed by atoms with Crippen LogP contribution in [0.1, 0.15) is 25.3 Å². The van der Waals surface area contributed by atoms with Gasteiger partial charge in [0.15, 0.2) is 0 Å². The molecule has 1 aliphatic carbocycles. The van der Waals surface area contributed by atoms with Crippen molar-refractivity contribution in [1.29, 1.82) is 0 Å². The summed E-state index contributed by atoms with van der Waals surface area (Å²) in [6, 6.07) is 8.67.